The summed E-state index contributed by atoms with van der Waals surface area (Å²) in [5.74, 6) is -4.94. The van der Waals surface area contributed by atoms with Crippen LogP contribution in [0.2, 0.25) is 0 Å². The summed E-state index contributed by atoms with van der Waals surface area (Å²) in [5, 5.41) is 39.5. The van der Waals surface area contributed by atoms with Crippen LogP contribution in [-0.2, 0) is 0 Å². The molecule has 0 saturated heterocycles. The summed E-state index contributed by atoms with van der Waals surface area (Å²) in [6.07, 6.45) is 0. The van der Waals surface area contributed by atoms with Gasteiger partial charge in [0.1, 0.15) is 0 Å². The van der Waals surface area contributed by atoms with E-state index in [2.05, 4.69) is 0 Å². The molecule has 11 heteroatoms. The molecule has 0 radical (unpaired) electrons. The Morgan fingerprint density at radius 1 is 0.769 bits per heavy atom. The predicted octanol–water partition coefficient (Wildman–Crippen LogP) is 1.52. The summed E-state index contributed by atoms with van der Waals surface area (Å²) < 4.78 is 0. The Labute approximate surface area is 144 Å². The molecule has 26 heavy (non-hydrogen) atoms. The van der Waals surface area contributed by atoms with E-state index in [0.717, 1.165) is 24.3 Å². The number of aromatic carboxylic acids is 3. The van der Waals surface area contributed by atoms with Crippen molar-refractivity contribution in [1.82, 2.24) is 0 Å². The maximum Gasteiger partial charge on any atom is 0.336 e. The highest BCUT2D eigenvalue weighted by atomic mass is 16.6. The van der Waals surface area contributed by atoms with Crippen molar-refractivity contribution in [3.05, 3.63) is 51.1 Å². The van der Waals surface area contributed by atoms with Crippen molar-refractivity contribution in [2.24, 2.45) is 0 Å². The maximum atomic E-state index is 11.6. The zero-order chi connectivity index (χ0) is 19.8. The van der Waals surface area contributed by atoms with Crippen LogP contribution >= 0.6 is 0 Å². The fourth-order valence-electron chi connectivity index (χ4n) is 2.50. The molecule has 0 spiro atoms. The molecule has 0 aliphatic heterocycles. The van der Waals surface area contributed by atoms with E-state index in [9.17, 15) is 39.8 Å². The van der Waals surface area contributed by atoms with Crippen molar-refractivity contribution in [3.8, 4) is 11.1 Å². The van der Waals surface area contributed by atoms with Crippen molar-refractivity contribution in [2.45, 2.75) is 0 Å². The van der Waals surface area contributed by atoms with E-state index in [1.165, 1.54) is 0 Å². The first-order chi connectivity index (χ1) is 12.0. The fourth-order valence-corrected chi connectivity index (χ4v) is 2.50. The molecule has 2 aromatic rings. The zero-order valence-electron chi connectivity index (χ0n) is 12.8. The minimum Gasteiger partial charge on any atom is -0.478 e. The molecule has 0 heterocycles. The van der Waals surface area contributed by atoms with Crippen LogP contribution in [0.25, 0.3) is 11.1 Å². The van der Waals surface area contributed by atoms with Crippen molar-refractivity contribution >= 4 is 35.0 Å². The highest BCUT2D eigenvalue weighted by Gasteiger charge is 2.31. The van der Waals surface area contributed by atoms with E-state index >= 15 is 0 Å². The van der Waals surface area contributed by atoms with Crippen LogP contribution < -0.4 is 11.5 Å². The largest absolute Gasteiger partial charge is 0.478 e. The molecule has 2 aromatic carbocycles. The molecule has 0 aromatic heterocycles. The van der Waals surface area contributed by atoms with Crippen LogP contribution in [0.1, 0.15) is 31.1 Å². The van der Waals surface area contributed by atoms with E-state index in [0.29, 0.717) is 0 Å². The lowest BCUT2D eigenvalue weighted by Gasteiger charge is -2.14. The van der Waals surface area contributed by atoms with Crippen molar-refractivity contribution in [2.75, 3.05) is 11.5 Å². The molecule has 0 atom stereocenters. The smallest absolute Gasteiger partial charge is 0.336 e. The van der Waals surface area contributed by atoms with E-state index in [-0.39, 0.29) is 11.4 Å². The molecule has 7 N–H and O–H groups in total. The van der Waals surface area contributed by atoms with Crippen LogP contribution in [0.3, 0.4) is 0 Å². The predicted molar refractivity (Wildman–Crippen MR) is 88.2 cm³/mol. The molecule has 0 unspecified atom stereocenters. The van der Waals surface area contributed by atoms with Crippen LogP contribution in [-0.4, -0.2) is 38.2 Å². The standard InChI is InChI=1S/C15H11N3O8/c16-5-1-7(13(19)20)11(8(2-5)14(21)22)12-9(15(23)24)3-6(17)4-10(12)18(25)26/h1-4H,16-17H2,(H,19,20)(H,21,22)(H,23,24). The zero-order valence-corrected chi connectivity index (χ0v) is 12.8. The Morgan fingerprint density at radius 3 is 1.46 bits per heavy atom. The van der Waals surface area contributed by atoms with E-state index in [1.54, 1.807) is 0 Å². The van der Waals surface area contributed by atoms with Gasteiger partial charge >= 0.3 is 17.9 Å². The number of nitrogens with two attached hydrogens (primary N) is 2. The SMILES string of the molecule is Nc1cc(C(=O)O)c(-c2c(C(=O)O)cc(N)cc2[N+](=O)[O-])c(C(=O)O)c1. The number of nitro groups is 1. The van der Waals surface area contributed by atoms with Gasteiger partial charge in [0.2, 0.25) is 0 Å². The molecule has 0 fully saturated rings. The van der Waals surface area contributed by atoms with E-state index < -0.39 is 56.3 Å². The van der Waals surface area contributed by atoms with Crippen molar-refractivity contribution in [3.63, 3.8) is 0 Å². The summed E-state index contributed by atoms with van der Waals surface area (Å²) in [6.45, 7) is 0. The summed E-state index contributed by atoms with van der Waals surface area (Å²) in [7, 11) is 0. The van der Waals surface area contributed by atoms with Crippen LogP contribution in [0, 0.1) is 10.1 Å². The third-order valence-electron chi connectivity index (χ3n) is 3.44. The lowest BCUT2D eigenvalue weighted by atomic mass is 9.89. The Bertz CT molecular complexity index is 833. The first kappa shape index (κ1) is 18.2. The topological polar surface area (TPSA) is 207 Å². The number of nitro benzene ring substituents is 1. The molecule has 0 bridgehead atoms. The van der Waals surface area contributed by atoms with Gasteiger partial charge in [-0.25, -0.2) is 14.4 Å². The van der Waals surface area contributed by atoms with Gasteiger partial charge in [0, 0.05) is 23.0 Å². The lowest BCUT2D eigenvalue weighted by molar-refractivity contribution is -0.384. The Balaban J connectivity index is 3.14. The number of nitrogen functional groups attached to an aromatic ring is 2. The van der Waals surface area contributed by atoms with E-state index in [4.69, 9.17) is 11.5 Å². The molecule has 11 nitrogen and oxygen atoms in total. The normalized spacial score (nSPS) is 10.3. The van der Waals surface area contributed by atoms with Crippen molar-refractivity contribution in [1.29, 1.82) is 0 Å². The second-order valence-corrected chi connectivity index (χ2v) is 5.13. The van der Waals surface area contributed by atoms with Gasteiger partial charge in [0.15, 0.2) is 0 Å². The lowest BCUT2D eigenvalue weighted by Crippen LogP contribution is -2.13. The molecule has 0 amide bonds. The summed E-state index contributed by atoms with van der Waals surface area (Å²) in [5.41, 5.74) is 6.20. The van der Waals surface area contributed by atoms with Crippen LogP contribution in [0.4, 0.5) is 17.1 Å². The second-order valence-electron chi connectivity index (χ2n) is 5.13. The number of rotatable bonds is 5. The number of anilines is 2. The molecule has 0 aliphatic rings. The Kier molecular flexibility index (Phi) is 4.47. The minimum absolute atomic E-state index is 0.224. The molecular formula is C15H11N3O8. The summed E-state index contributed by atoms with van der Waals surface area (Å²) in [6, 6.07) is 3.46. The van der Waals surface area contributed by atoms with Gasteiger partial charge < -0.3 is 26.8 Å². The number of nitrogens with zero attached hydrogens (tertiary/aromatic N) is 1. The second kappa shape index (κ2) is 6.39. The first-order valence-corrected chi connectivity index (χ1v) is 6.76. The monoisotopic (exact) mass is 361 g/mol. The van der Waals surface area contributed by atoms with Gasteiger partial charge in [-0.2, -0.15) is 0 Å². The number of hydrogen-bond acceptors (Lipinski definition) is 7. The summed E-state index contributed by atoms with van der Waals surface area (Å²) in [4.78, 5) is 45.1. The molecule has 2 rings (SSSR count). The molecule has 0 aliphatic carbocycles. The highest BCUT2D eigenvalue weighted by molar-refractivity contribution is 6.11. The average molecular weight is 361 g/mol. The molecule has 134 valence electrons. The maximum absolute atomic E-state index is 11.6. The van der Waals surface area contributed by atoms with Gasteiger partial charge in [-0.1, -0.05) is 0 Å². The first-order valence-electron chi connectivity index (χ1n) is 6.76. The number of carboxylic acids is 3. The number of carbonyl (C=O) groups is 3. The van der Waals surface area contributed by atoms with Gasteiger partial charge in [-0.3, -0.25) is 10.1 Å². The third kappa shape index (κ3) is 3.08. The van der Waals surface area contributed by atoms with Gasteiger partial charge in [0.05, 0.1) is 27.2 Å². The van der Waals surface area contributed by atoms with Crippen molar-refractivity contribution < 1.29 is 34.6 Å². The van der Waals surface area contributed by atoms with E-state index in [1.807, 2.05) is 0 Å². The van der Waals surface area contributed by atoms with Crippen LogP contribution in [0.5, 0.6) is 0 Å². The van der Waals surface area contributed by atoms with Gasteiger partial charge in [0.25, 0.3) is 5.69 Å². The highest BCUT2D eigenvalue weighted by Crippen LogP contribution is 2.40. The molecule has 0 saturated carbocycles. The number of benzene rings is 2. The number of carboxylic acid groups (broad SMARTS) is 3. The molecular weight excluding hydrogens is 350 g/mol. The summed E-state index contributed by atoms with van der Waals surface area (Å²) >= 11 is 0. The Morgan fingerprint density at radius 2 is 1.12 bits per heavy atom. The van der Waals surface area contributed by atoms with Crippen LogP contribution in [0.15, 0.2) is 24.3 Å². The quantitative estimate of drug-likeness (QED) is 0.294. The third-order valence-corrected chi connectivity index (χ3v) is 3.44. The average Bonchev–Trinajstić information content (AvgIpc) is 2.53. The van der Waals surface area contributed by atoms with Gasteiger partial charge in [-0.15, -0.1) is 0 Å². The number of hydrogen-bond donors (Lipinski definition) is 5. The van der Waals surface area contributed by atoms with Gasteiger partial charge in [-0.05, 0) is 18.2 Å². The Hall–Kier alpha value is -4.15. The fraction of sp³-hybridized carbons (Fsp3) is 0. The minimum atomic E-state index is -1.65.